The fraction of sp³-hybridized carbons (Fsp3) is 0.364. The second-order valence-corrected chi connectivity index (χ2v) is 8.83. The molecule has 0 radical (unpaired) electrons. The van der Waals surface area contributed by atoms with Crippen LogP contribution >= 0.6 is 11.8 Å². The van der Waals surface area contributed by atoms with Gasteiger partial charge < -0.3 is 19.8 Å². The maximum absolute atomic E-state index is 12.9. The van der Waals surface area contributed by atoms with Gasteiger partial charge in [-0.1, -0.05) is 12.1 Å². The van der Waals surface area contributed by atoms with Crippen LogP contribution in [0.1, 0.15) is 36.3 Å². The van der Waals surface area contributed by atoms with Gasteiger partial charge in [0.05, 0.1) is 0 Å². The summed E-state index contributed by atoms with van der Waals surface area (Å²) in [5.41, 5.74) is 0.949. The summed E-state index contributed by atoms with van der Waals surface area (Å²) >= 11 is 1.81. The lowest BCUT2D eigenvalue weighted by atomic mass is 9.75. The molecule has 0 spiro atoms. The zero-order chi connectivity index (χ0) is 20.4. The van der Waals surface area contributed by atoms with Crippen molar-refractivity contribution in [3.05, 3.63) is 63.8 Å². The average molecular weight is 413 g/mol. The van der Waals surface area contributed by atoms with Crippen molar-refractivity contribution in [3.63, 3.8) is 0 Å². The minimum Gasteiger partial charge on any atom is -0.502 e. The van der Waals surface area contributed by atoms with E-state index < -0.39 is 10.8 Å². The first-order chi connectivity index (χ1) is 14.0. The van der Waals surface area contributed by atoms with Gasteiger partial charge in [0, 0.05) is 41.5 Å². The number of carbonyl (C=O) groups excluding carboxylic acids is 1. The summed E-state index contributed by atoms with van der Waals surface area (Å²) in [6.07, 6.45) is 3.42. The normalized spacial score (nSPS) is 16.0. The molecule has 6 nitrogen and oxygen atoms in total. The van der Waals surface area contributed by atoms with Gasteiger partial charge in [-0.2, -0.15) is 11.8 Å². The van der Waals surface area contributed by atoms with Crippen molar-refractivity contribution in [2.45, 2.75) is 38.1 Å². The van der Waals surface area contributed by atoms with Crippen molar-refractivity contribution in [1.29, 1.82) is 0 Å². The minimum absolute atomic E-state index is 0.118. The van der Waals surface area contributed by atoms with E-state index in [4.69, 9.17) is 4.42 Å². The number of aromatic hydroxyl groups is 1. The molecule has 1 fully saturated rings. The maximum atomic E-state index is 12.9. The summed E-state index contributed by atoms with van der Waals surface area (Å²) in [5, 5.41) is 14.5. The molecule has 152 valence electrons. The number of carbonyl (C=O) groups is 1. The van der Waals surface area contributed by atoms with E-state index in [0.29, 0.717) is 25.1 Å². The highest BCUT2D eigenvalue weighted by atomic mass is 32.2. The highest BCUT2D eigenvalue weighted by Crippen LogP contribution is 2.44. The summed E-state index contributed by atoms with van der Waals surface area (Å²) in [4.78, 5) is 28.2. The second-order valence-electron chi connectivity index (χ2n) is 7.60. The van der Waals surface area contributed by atoms with Crippen LogP contribution in [0, 0.1) is 6.92 Å². The summed E-state index contributed by atoms with van der Waals surface area (Å²) in [6, 6.07) is 9.23. The van der Waals surface area contributed by atoms with Gasteiger partial charge in [0.2, 0.25) is 17.1 Å². The Morgan fingerprint density at radius 3 is 2.90 bits per heavy atom. The lowest BCUT2D eigenvalue weighted by Gasteiger charge is -2.35. The third-order valence-corrected chi connectivity index (χ3v) is 6.62. The highest BCUT2D eigenvalue weighted by Gasteiger charge is 2.41. The number of amides is 1. The lowest BCUT2D eigenvalue weighted by molar-refractivity contribution is -0.122. The first kappa shape index (κ1) is 19.6. The van der Waals surface area contributed by atoms with Crippen molar-refractivity contribution in [3.8, 4) is 5.75 Å². The number of thioether (sulfide) groups is 1. The number of aryl methyl sites for hydroxylation is 1. The monoisotopic (exact) mass is 412 g/mol. The lowest BCUT2D eigenvalue weighted by Crippen LogP contribution is -2.38. The molecule has 1 aromatic carbocycles. The molecule has 0 atom stereocenters. The van der Waals surface area contributed by atoms with E-state index in [9.17, 15) is 14.7 Å². The zero-order valence-electron chi connectivity index (χ0n) is 16.3. The van der Waals surface area contributed by atoms with E-state index >= 15 is 0 Å². The fourth-order valence-corrected chi connectivity index (χ4v) is 5.35. The first-order valence-corrected chi connectivity index (χ1v) is 10.9. The van der Waals surface area contributed by atoms with Gasteiger partial charge in [-0.05, 0) is 49.0 Å². The third-order valence-electron chi connectivity index (χ3n) is 5.64. The molecule has 1 amide bonds. The molecular formula is C22H24N2O4S. The van der Waals surface area contributed by atoms with E-state index in [1.54, 1.807) is 6.92 Å². The van der Waals surface area contributed by atoms with Gasteiger partial charge in [-0.25, -0.2) is 0 Å². The molecule has 0 unspecified atom stereocenters. The zero-order valence-corrected chi connectivity index (χ0v) is 17.1. The van der Waals surface area contributed by atoms with Crippen LogP contribution in [-0.2, 0) is 16.8 Å². The van der Waals surface area contributed by atoms with E-state index in [0.717, 1.165) is 28.0 Å². The topological polar surface area (TPSA) is 95.3 Å². The van der Waals surface area contributed by atoms with Gasteiger partial charge >= 0.3 is 0 Å². The number of hydrogen-bond donors (Lipinski definition) is 3. The van der Waals surface area contributed by atoms with Crippen molar-refractivity contribution >= 4 is 28.6 Å². The number of benzene rings is 1. The number of H-pyrrole nitrogens is 1. The van der Waals surface area contributed by atoms with Crippen LogP contribution in [0.15, 0.2) is 45.7 Å². The van der Waals surface area contributed by atoms with E-state index in [-0.39, 0.29) is 23.8 Å². The molecule has 1 saturated heterocycles. The Kier molecular flexibility index (Phi) is 5.41. The van der Waals surface area contributed by atoms with Crippen molar-refractivity contribution < 1.29 is 14.3 Å². The molecule has 0 aliphatic carbocycles. The molecule has 7 heteroatoms. The van der Waals surface area contributed by atoms with E-state index in [2.05, 4.69) is 10.3 Å². The SMILES string of the molecule is Cc1cc(=O)c(O)c(C2(CC(=O)NCc3cccc4[nH]ccc34)CCSCC2)o1. The summed E-state index contributed by atoms with van der Waals surface area (Å²) in [5.74, 6) is 1.92. The fourth-order valence-electron chi connectivity index (χ4n) is 4.08. The highest BCUT2D eigenvalue weighted by molar-refractivity contribution is 7.99. The van der Waals surface area contributed by atoms with Gasteiger partial charge in [0.15, 0.2) is 5.76 Å². The van der Waals surface area contributed by atoms with Crippen LogP contribution in [0.25, 0.3) is 10.9 Å². The number of fused-ring (bicyclic) bond motifs is 1. The maximum Gasteiger partial charge on any atom is 0.227 e. The summed E-state index contributed by atoms with van der Waals surface area (Å²) < 4.78 is 5.80. The predicted octanol–water partition coefficient (Wildman–Crippen LogP) is 3.61. The molecule has 1 aliphatic rings. The summed E-state index contributed by atoms with van der Waals surface area (Å²) in [7, 11) is 0. The quantitative estimate of drug-likeness (QED) is 0.595. The molecule has 2 aromatic heterocycles. The first-order valence-electron chi connectivity index (χ1n) is 9.72. The number of hydrogen-bond acceptors (Lipinski definition) is 5. The average Bonchev–Trinajstić information content (AvgIpc) is 3.19. The predicted molar refractivity (Wildman–Crippen MR) is 114 cm³/mol. The van der Waals surface area contributed by atoms with Crippen LogP contribution < -0.4 is 10.7 Å². The molecule has 3 N–H and O–H groups in total. The number of rotatable bonds is 5. The molecule has 4 rings (SSSR count). The molecule has 0 saturated carbocycles. The second kappa shape index (κ2) is 7.99. The molecule has 3 aromatic rings. The number of aromatic amines is 1. The van der Waals surface area contributed by atoms with Gasteiger partial charge in [0.25, 0.3) is 0 Å². The van der Waals surface area contributed by atoms with Crippen LogP contribution in [-0.4, -0.2) is 27.5 Å². The Morgan fingerprint density at radius 2 is 2.10 bits per heavy atom. The van der Waals surface area contributed by atoms with Crippen LogP contribution in [0.3, 0.4) is 0 Å². The Bertz CT molecular complexity index is 1100. The Balaban J connectivity index is 1.56. The summed E-state index contributed by atoms with van der Waals surface area (Å²) in [6.45, 7) is 2.11. The largest absolute Gasteiger partial charge is 0.502 e. The van der Waals surface area contributed by atoms with Crippen molar-refractivity contribution in [2.75, 3.05) is 11.5 Å². The molecular weight excluding hydrogens is 388 g/mol. The Morgan fingerprint density at radius 1 is 1.31 bits per heavy atom. The third kappa shape index (κ3) is 3.92. The van der Waals surface area contributed by atoms with Crippen LogP contribution in [0.5, 0.6) is 5.75 Å². The van der Waals surface area contributed by atoms with Gasteiger partial charge in [-0.15, -0.1) is 0 Å². The molecule has 1 aliphatic heterocycles. The Hall–Kier alpha value is -2.67. The standard InChI is InChI=1S/C22H24N2O4S/c1-14-11-18(25)20(27)21(28-14)22(6-9-29-10-7-22)12-19(26)24-13-15-3-2-4-17-16(15)5-8-23-17/h2-5,8,11,23,27H,6-7,9-10,12-13H2,1H3,(H,24,26). The molecule has 0 bridgehead atoms. The van der Waals surface area contributed by atoms with Crippen molar-refractivity contribution in [1.82, 2.24) is 10.3 Å². The van der Waals surface area contributed by atoms with Crippen LogP contribution in [0.4, 0.5) is 0 Å². The van der Waals surface area contributed by atoms with E-state index in [1.165, 1.54) is 6.07 Å². The molecule has 29 heavy (non-hydrogen) atoms. The van der Waals surface area contributed by atoms with Crippen LogP contribution in [0.2, 0.25) is 0 Å². The smallest absolute Gasteiger partial charge is 0.227 e. The molecule has 3 heterocycles. The Labute approximate surface area is 172 Å². The van der Waals surface area contributed by atoms with Crippen molar-refractivity contribution in [2.24, 2.45) is 0 Å². The van der Waals surface area contributed by atoms with Gasteiger partial charge in [-0.3, -0.25) is 9.59 Å². The number of aromatic nitrogens is 1. The minimum atomic E-state index is -0.662. The van der Waals surface area contributed by atoms with Gasteiger partial charge in [0.1, 0.15) is 5.76 Å². The number of nitrogens with one attached hydrogen (secondary N) is 2. The van der Waals surface area contributed by atoms with E-state index in [1.807, 2.05) is 42.2 Å².